The zero-order chi connectivity index (χ0) is 20.6. The molecule has 150 valence electrons. The molecule has 29 heavy (non-hydrogen) atoms. The summed E-state index contributed by atoms with van der Waals surface area (Å²) in [7, 11) is -7.52. The Balaban J connectivity index is 1.54. The van der Waals surface area contributed by atoms with Crippen LogP contribution in [0.2, 0.25) is 0 Å². The van der Waals surface area contributed by atoms with Crippen LogP contribution >= 0.6 is 0 Å². The number of halogens is 1. The maximum atomic E-state index is 13.1. The first-order valence-corrected chi connectivity index (χ1v) is 11.9. The Labute approximate surface area is 169 Å². The average molecular weight is 432 g/mol. The van der Waals surface area contributed by atoms with E-state index in [1.165, 1.54) is 18.2 Å². The smallest absolute Gasteiger partial charge is 0.223 e. The van der Waals surface area contributed by atoms with Crippen molar-refractivity contribution in [2.45, 2.75) is 15.0 Å². The van der Waals surface area contributed by atoms with Crippen molar-refractivity contribution in [3.63, 3.8) is 0 Å². The van der Waals surface area contributed by atoms with Gasteiger partial charge in [0.15, 0.2) is 9.84 Å². The van der Waals surface area contributed by atoms with E-state index in [1.54, 1.807) is 12.1 Å². The van der Waals surface area contributed by atoms with Crippen LogP contribution in [0.3, 0.4) is 0 Å². The number of hydrogen-bond acceptors (Lipinski definition) is 4. The molecule has 5 nitrogen and oxygen atoms in total. The van der Waals surface area contributed by atoms with Crippen LogP contribution in [0.4, 0.5) is 4.39 Å². The van der Waals surface area contributed by atoms with E-state index in [0.717, 1.165) is 27.6 Å². The molecule has 1 saturated heterocycles. The highest BCUT2D eigenvalue weighted by atomic mass is 32.2. The number of sulfonamides is 1. The molecular weight excluding hydrogens is 413 g/mol. The van der Waals surface area contributed by atoms with Crippen LogP contribution in [-0.2, 0) is 19.9 Å². The van der Waals surface area contributed by atoms with Crippen molar-refractivity contribution in [3.05, 3.63) is 84.7 Å². The molecule has 0 saturated carbocycles. The molecule has 3 aromatic carbocycles. The Morgan fingerprint density at radius 2 is 1.34 bits per heavy atom. The van der Waals surface area contributed by atoms with Gasteiger partial charge in [-0.15, -0.1) is 0 Å². The van der Waals surface area contributed by atoms with Gasteiger partial charge in [0.05, 0.1) is 15.0 Å². The van der Waals surface area contributed by atoms with E-state index in [0.29, 0.717) is 0 Å². The van der Waals surface area contributed by atoms with Crippen molar-refractivity contribution in [3.8, 4) is 11.1 Å². The van der Waals surface area contributed by atoms with Crippen LogP contribution in [0.5, 0.6) is 0 Å². The Bertz CT molecular complexity index is 1240. The molecule has 0 radical (unpaired) electrons. The molecule has 1 heterocycles. The zero-order valence-corrected chi connectivity index (χ0v) is 16.9. The second kappa shape index (κ2) is 7.37. The summed E-state index contributed by atoms with van der Waals surface area (Å²) in [4.78, 5) is 0.114. The second-order valence-electron chi connectivity index (χ2n) is 6.84. The number of hydrogen-bond donors (Lipinski definition) is 0. The minimum Gasteiger partial charge on any atom is -0.223 e. The van der Waals surface area contributed by atoms with Crippen molar-refractivity contribution in [2.75, 3.05) is 13.1 Å². The van der Waals surface area contributed by atoms with Crippen molar-refractivity contribution in [2.24, 2.45) is 0 Å². The SMILES string of the molecule is O=S(=O)(c1ccc(F)cc1)C1CN(S(=O)(=O)c2cccc(-c3ccccc3)c2)C1. The topological polar surface area (TPSA) is 71.5 Å². The summed E-state index contributed by atoms with van der Waals surface area (Å²) in [5.41, 5.74) is 1.66. The van der Waals surface area contributed by atoms with Gasteiger partial charge >= 0.3 is 0 Å². The largest absolute Gasteiger partial charge is 0.243 e. The molecule has 0 unspecified atom stereocenters. The predicted octanol–water partition coefficient (Wildman–Crippen LogP) is 3.34. The highest BCUT2D eigenvalue weighted by molar-refractivity contribution is 7.92. The maximum Gasteiger partial charge on any atom is 0.243 e. The normalized spacial score (nSPS) is 15.8. The third kappa shape index (κ3) is 3.71. The number of benzene rings is 3. The van der Waals surface area contributed by atoms with Gasteiger partial charge in [-0.05, 0) is 47.5 Å². The number of rotatable bonds is 5. The highest BCUT2D eigenvalue weighted by Gasteiger charge is 2.44. The van der Waals surface area contributed by atoms with Crippen LogP contribution in [0.1, 0.15) is 0 Å². The van der Waals surface area contributed by atoms with Gasteiger partial charge < -0.3 is 0 Å². The number of nitrogens with zero attached hydrogens (tertiary/aromatic N) is 1. The lowest BCUT2D eigenvalue weighted by Gasteiger charge is -2.37. The molecule has 4 rings (SSSR count). The molecule has 0 aromatic heterocycles. The fourth-order valence-corrected chi connectivity index (χ4v) is 6.64. The van der Waals surface area contributed by atoms with Crippen LogP contribution < -0.4 is 0 Å². The van der Waals surface area contributed by atoms with Crippen LogP contribution in [0.25, 0.3) is 11.1 Å². The first kappa shape index (κ1) is 19.8. The van der Waals surface area contributed by atoms with Crippen LogP contribution in [0.15, 0.2) is 88.7 Å². The van der Waals surface area contributed by atoms with Gasteiger partial charge in [-0.1, -0.05) is 42.5 Å². The first-order valence-electron chi connectivity index (χ1n) is 8.93. The maximum absolute atomic E-state index is 13.1. The summed E-state index contributed by atoms with van der Waals surface area (Å²) in [5, 5.41) is -0.847. The molecule has 0 aliphatic carbocycles. The lowest BCUT2D eigenvalue weighted by molar-refractivity contribution is 0.309. The zero-order valence-electron chi connectivity index (χ0n) is 15.3. The molecule has 1 aliphatic heterocycles. The van der Waals surface area contributed by atoms with Crippen molar-refractivity contribution >= 4 is 19.9 Å². The fraction of sp³-hybridized carbons (Fsp3) is 0.143. The van der Waals surface area contributed by atoms with Crippen molar-refractivity contribution in [1.82, 2.24) is 4.31 Å². The molecule has 8 heteroatoms. The molecule has 1 aliphatic rings. The van der Waals surface area contributed by atoms with Gasteiger partial charge in [0.1, 0.15) is 5.82 Å². The van der Waals surface area contributed by atoms with Gasteiger partial charge in [-0.3, -0.25) is 0 Å². The molecule has 1 fully saturated rings. The predicted molar refractivity (Wildman–Crippen MR) is 108 cm³/mol. The summed E-state index contributed by atoms with van der Waals surface area (Å²) in [6, 6.07) is 20.5. The monoisotopic (exact) mass is 431 g/mol. The Morgan fingerprint density at radius 3 is 2.00 bits per heavy atom. The average Bonchev–Trinajstić information content (AvgIpc) is 2.67. The lowest BCUT2D eigenvalue weighted by Crippen LogP contribution is -2.56. The summed E-state index contributed by atoms with van der Waals surface area (Å²) in [6.07, 6.45) is 0. The van der Waals surface area contributed by atoms with E-state index >= 15 is 0 Å². The van der Waals surface area contributed by atoms with Gasteiger partial charge in [-0.25, -0.2) is 21.2 Å². The van der Waals surface area contributed by atoms with E-state index in [9.17, 15) is 21.2 Å². The molecule has 3 aromatic rings. The van der Waals surface area contributed by atoms with E-state index in [-0.39, 0.29) is 22.9 Å². The van der Waals surface area contributed by atoms with Crippen LogP contribution in [0, 0.1) is 5.82 Å². The summed E-state index contributed by atoms with van der Waals surface area (Å²) in [5.74, 6) is -0.528. The molecule has 0 N–H and O–H groups in total. The van der Waals surface area contributed by atoms with Crippen molar-refractivity contribution in [1.29, 1.82) is 0 Å². The van der Waals surface area contributed by atoms with Crippen LogP contribution in [-0.4, -0.2) is 39.5 Å². The molecule has 0 amide bonds. The van der Waals surface area contributed by atoms with E-state index in [1.807, 2.05) is 36.4 Å². The standard InChI is InChI=1S/C21H18FNO4S2/c22-18-9-11-19(12-10-18)28(24,25)21-14-23(15-21)29(26,27)20-8-4-7-17(13-20)16-5-2-1-3-6-16/h1-13,21H,14-15H2. The molecular formula is C21H18FNO4S2. The summed E-state index contributed by atoms with van der Waals surface area (Å²) in [6.45, 7) is -0.255. The quantitative estimate of drug-likeness (QED) is 0.581. The molecule has 0 spiro atoms. The second-order valence-corrected chi connectivity index (χ2v) is 11.0. The Kier molecular flexibility index (Phi) is 5.02. The number of sulfone groups is 1. The molecule has 0 bridgehead atoms. The van der Waals surface area contributed by atoms with Gasteiger partial charge in [0.25, 0.3) is 0 Å². The van der Waals surface area contributed by atoms with Gasteiger partial charge in [0, 0.05) is 13.1 Å². The highest BCUT2D eigenvalue weighted by Crippen LogP contribution is 2.30. The van der Waals surface area contributed by atoms with E-state index < -0.39 is 30.9 Å². The van der Waals surface area contributed by atoms with E-state index in [4.69, 9.17) is 0 Å². The lowest BCUT2D eigenvalue weighted by atomic mass is 10.1. The third-order valence-electron chi connectivity index (χ3n) is 4.97. The first-order chi connectivity index (χ1) is 13.8. The summed E-state index contributed by atoms with van der Waals surface area (Å²) < 4.78 is 65.3. The summed E-state index contributed by atoms with van der Waals surface area (Å²) >= 11 is 0. The Morgan fingerprint density at radius 1 is 0.724 bits per heavy atom. The van der Waals surface area contributed by atoms with Crippen molar-refractivity contribution < 1.29 is 21.2 Å². The van der Waals surface area contributed by atoms with Gasteiger partial charge in [0.2, 0.25) is 10.0 Å². The minimum absolute atomic E-state index is 0.00739. The Hall–Kier alpha value is -2.55. The van der Waals surface area contributed by atoms with E-state index in [2.05, 4.69) is 0 Å². The minimum atomic E-state index is -3.81. The fourth-order valence-electron chi connectivity index (χ4n) is 3.23. The molecule has 0 atom stereocenters. The van der Waals surface area contributed by atoms with Gasteiger partial charge in [-0.2, -0.15) is 4.31 Å². The third-order valence-corrected chi connectivity index (χ3v) is 8.91.